The molecule has 0 aliphatic carbocycles. The molecule has 0 radical (unpaired) electrons. The highest BCUT2D eigenvalue weighted by molar-refractivity contribution is 5.92. The number of hydrogen-bond donors (Lipinski definition) is 0. The van der Waals surface area contributed by atoms with E-state index in [-0.39, 0.29) is 36.6 Å². The number of benzene rings is 1. The standard InChI is InChI=1S/C23H29N5O4/c1-3-32-23(31)27-13-11-26(12-14-27)21(29)9-10-28(17-19-7-5-4-6-8-19)22(30)20-16-24-18(2)15-25-20/h4-8,15-16H,3,9-14,17H2,1-2H3. The smallest absolute Gasteiger partial charge is 0.409 e. The first-order chi connectivity index (χ1) is 15.5. The van der Waals surface area contributed by atoms with Gasteiger partial charge >= 0.3 is 6.09 Å². The lowest BCUT2D eigenvalue weighted by atomic mass is 10.2. The molecule has 1 fully saturated rings. The zero-order chi connectivity index (χ0) is 22.9. The highest BCUT2D eigenvalue weighted by Gasteiger charge is 2.26. The first-order valence-electron chi connectivity index (χ1n) is 10.8. The van der Waals surface area contributed by atoms with Gasteiger partial charge in [-0.15, -0.1) is 0 Å². The van der Waals surface area contributed by atoms with Crippen LogP contribution in [0.2, 0.25) is 0 Å². The van der Waals surface area contributed by atoms with Crippen LogP contribution in [0.1, 0.15) is 35.1 Å². The van der Waals surface area contributed by atoms with Crippen LogP contribution in [0.3, 0.4) is 0 Å². The van der Waals surface area contributed by atoms with E-state index in [1.165, 1.54) is 6.20 Å². The predicted molar refractivity (Wildman–Crippen MR) is 118 cm³/mol. The fourth-order valence-electron chi connectivity index (χ4n) is 3.46. The minimum atomic E-state index is -0.349. The van der Waals surface area contributed by atoms with Crippen molar-refractivity contribution in [3.8, 4) is 0 Å². The number of hydrogen-bond acceptors (Lipinski definition) is 6. The summed E-state index contributed by atoms with van der Waals surface area (Å²) < 4.78 is 5.02. The lowest BCUT2D eigenvalue weighted by Gasteiger charge is -2.34. The SMILES string of the molecule is CCOC(=O)N1CCN(C(=O)CCN(Cc2ccccc2)C(=O)c2cnc(C)cn2)CC1. The van der Waals surface area contributed by atoms with E-state index in [4.69, 9.17) is 4.74 Å². The summed E-state index contributed by atoms with van der Waals surface area (Å²) in [5.41, 5.74) is 1.95. The van der Waals surface area contributed by atoms with Crippen molar-refractivity contribution >= 4 is 17.9 Å². The van der Waals surface area contributed by atoms with Crippen LogP contribution >= 0.6 is 0 Å². The molecule has 0 bridgehead atoms. The number of ether oxygens (including phenoxy) is 1. The van der Waals surface area contributed by atoms with Gasteiger partial charge in [-0.05, 0) is 19.4 Å². The Labute approximate surface area is 188 Å². The highest BCUT2D eigenvalue weighted by atomic mass is 16.6. The van der Waals surface area contributed by atoms with Gasteiger partial charge in [0, 0.05) is 51.9 Å². The Hall–Kier alpha value is -3.49. The first kappa shape index (κ1) is 23.2. The Morgan fingerprint density at radius 1 is 1.00 bits per heavy atom. The molecule has 32 heavy (non-hydrogen) atoms. The summed E-state index contributed by atoms with van der Waals surface area (Å²) in [7, 11) is 0. The zero-order valence-corrected chi connectivity index (χ0v) is 18.6. The summed E-state index contributed by atoms with van der Waals surface area (Å²) in [6.07, 6.45) is 2.87. The van der Waals surface area contributed by atoms with Gasteiger partial charge in [0.05, 0.1) is 18.5 Å². The summed E-state index contributed by atoms with van der Waals surface area (Å²) in [5.74, 6) is -0.310. The van der Waals surface area contributed by atoms with Crippen molar-refractivity contribution in [2.75, 3.05) is 39.3 Å². The summed E-state index contributed by atoms with van der Waals surface area (Å²) >= 11 is 0. The van der Waals surface area contributed by atoms with Crippen LogP contribution in [0.5, 0.6) is 0 Å². The van der Waals surface area contributed by atoms with Crippen LogP contribution in [0.25, 0.3) is 0 Å². The molecule has 9 heteroatoms. The molecule has 3 rings (SSSR count). The van der Waals surface area contributed by atoms with Crippen molar-refractivity contribution in [1.29, 1.82) is 0 Å². The molecule has 0 N–H and O–H groups in total. The fourth-order valence-corrected chi connectivity index (χ4v) is 3.46. The number of rotatable bonds is 7. The number of aryl methyl sites for hydroxylation is 1. The topological polar surface area (TPSA) is 95.9 Å². The number of piperazine rings is 1. The molecule has 2 heterocycles. The average Bonchev–Trinajstić information content (AvgIpc) is 2.82. The Morgan fingerprint density at radius 2 is 1.69 bits per heavy atom. The molecule has 0 saturated carbocycles. The second kappa shape index (κ2) is 11.2. The Kier molecular flexibility index (Phi) is 8.13. The molecule has 1 saturated heterocycles. The molecule has 9 nitrogen and oxygen atoms in total. The number of aromatic nitrogens is 2. The largest absolute Gasteiger partial charge is 0.450 e. The maximum atomic E-state index is 13.1. The third-order valence-corrected chi connectivity index (χ3v) is 5.26. The second-order valence-electron chi connectivity index (χ2n) is 7.57. The fraction of sp³-hybridized carbons (Fsp3) is 0.435. The molecule has 1 aliphatic heterocycles. The van der Waals surface area contributed by atoms with Crippen molar-refractivity contribution in [2.45, 2.75) is 26.8 Å². The maximum absolute atomic E-state index is 13.1. The summed E-state index contributed by atoms with van der Waals surface area (Å²) in [5, 5.41) is 0. The molecule has 0 unspecified atom stereocenters. The van der Waals surface area contributed by atoms with E-state index in [0.717, 1.165) is 11.3 Å². The van der Waals surface area contributed by atoms with Gasteiger partial charge in [0.25, 0.3) is 5.91 Å². The van der Waals surface area contributed by atoms with E-state index >= 15 is 0 Å². The minimum Gasteiger partial charge on any atom is -0.450 e. The molecule has 1 aromatic carbocycles. The van der Waals surface area contributed by atoms with Crippen LogP contribution in [-0.2, 0) is 16.1 Å². The van der Waals surface area contributed by atoms with Gasteiger partial charge in [0.1, 0.15) is 5.69 Å². The second-order valence-corrected chi connectivity index (χ2v) is 7.57. The van der Waals surface area contributed by atoms with Crippen molar-refractivity contribution < 1.29 is 19.1 Å². The first-order valence-corrected chi connectivity index (χ1v) is 10.8. The highest BCUT2D eigenvalue weighted by Crippen LogP contribution is 2.11. The van der Waals surface area contributed by atoms with Gasteiger partial charge in [-0.2, -0.15) is 0 Å². The van der Waals surface area contributed by atoms with E-state index in [1.807, 2.05) is 37.3 Å². The van der Waals surface area contributed by atoms with Crippen molar-refractivity contribution in [2.24, 2.45) is 0 Å². The van der Waals surface area contributed by atoms with Crippen LogP contribution in [-0.4, -0.2) is 81.9 Å². The number of carbonyl (C=O) groups excluding carboxylic acids is 3. The van der Waals surface area contributed by atoms with Crippen molar-refractivity contribution in [3.05, 3.63) is 59.7 Å². The van der Waals surface area contributed by atoms with Gasteiger partial charge in [-0.1, -0.05) is 30.3 Å². The normalized spacial score (nSPS) is 13.6. The number of carbonyl (C=O) groups is 3. The quantitative estimate of drug-likeness (QED) is 0.656. The maximum Gasteiger partial charge on any atom is 0.409 e. The average molecular weight is 440 g/mol. The monoisotopic (exact) mass is 439 g/mol. The predicted octanol–water partition coefficient (Wildman–Crippen LogP) is 2.12. The van der Waals surface area contributed by atoms with E-state index < -0.39 is 0 Å². The minimum absolute atomic E-state index is 0.0469. The molecule has 2 aromatic rings. The number of nitrogens with zero attached hydrogens (tertiary/aromatic N) is 5. The van der Waals surface area contributed by atoms with Gasteiger partial charge in [0.15, 0.2) is 0 Å². The lowest BCUT2D eigenvalue weighted by molar-refractivity contribution is -0.133. The molecule has 1 aliphatic rings. The van der Waals surface area contributed by atoms with Crippen molar-refractivity contribution in [1.82, 2.24) is 24.7 Å². The van der Waals surface area contributed by atoms with Crippen molar-refractivity contribution in [3.63, 3.8) is 0 Å². The number of amides is 3. The summed E-state index contributed by atoms with van der Waals surface area (Å²) in [4.78, 5) is 51.0. The third kappa shape index (κ3) is 6.26. The van der Waals surface area contributed by atoms with Crippen LogP contribution in [0.15, 0.2) is 42.7 Å². The molecule has 0 atom stereocenters. The molecular weight excluding hydrogens is 410 g/mol. The molecule has 170 valence electrons. The Balaban J connectivity index is 1.61. The summed E-state index contributed by atoms with van der Waals surface area (Å²) in [6, 6.07) is 9.63. The molecule has 1 aromatic heterocycles. The van der Waals surface area contributed by atoms with Crippen LogP contribution in [0, 0.1) is 6.92 Å². The molecule has 0 spiro atoms. The third-order valence-electron chi connectivity index (χ3n) is 5.26. The Morgan fingerprint density at radius 3 is 2.31 bits per heavy atom. The van der Waals surface area contributed by atoms with E-state index in [2.05, 4.69) is 9.97 Å². The van der Waals surface area contributed by atoms with E-state index in [1.54, 1.807) is 27.8 Å². The van der Waals surface area contributed by atoms with Gasteiger partial charge < -0.3 is 19.4 Å². The van der Waals surface area contributed by atoms with E-state index in [9.17, 15) is 14.4 Å². The van der Waals surface area contributed by atoms with Gasteiger partial charge in [-0.3, -0.25) is 14.6 Å². The van der Waals surface area contributed by atoms with Gasteiger partial charge in [0.2, 0.25) is 5.91 Å². The van der Waals surface area contributed by atoms with Gasteiger partial charge in [-0.25, -0.2) is 9.78 Å². The summed E-state index contributed by atoms with van der Waals surface area (Å²) in [6.45, 7) is 6.33. The lowest BCUT2D eigenvalue weighted by Crippen LogP contribution is -2.51. The molecule has 3 amide bonds. The zero-order valence-electron chi connectivity index (χ0n) is 18.6. The van der Waals surface area contributed by atoms with Crippen LogP contribution < -0.4 is 0 Å². The van der Waals surface area contributed by atoms with E-state index in [0.29, 0.717) is 39.3 Å². The molecular formula is C23H29N5O4. The van der Waals surface area contributed by atoms with Crippen LogP contribution in [0.4, 0.5) is 4.79 Å². The Bertz CT molecular complexity index is 912.